The first-order valence-corrected chi connectivity index (χ1v) is 12.9. The summed E-state index contributed by atoms with van der Waals surface area (Å²) in [5, 5.41) is 0.788. The molecule has 0 fully saturated rings. The highest BCUT2D eigenvalue weighted by atomic mass is 16.5. The number of rotatable bonds is 15. The number of hydrogen-bond acceptors (Lipinski definition) is 5. The van der Waals surface area contributed by atoms with Gasteiger partial charge in [-0.1, -0.05) is 33.6 Å². The molecule has 184 valence electrons. The Morgan fingerprint density at radius 1 is 0.912 bits per heavy atom. The second-order valence-electron chi connectivity index (χ2n) is 9.01. The minimum Gasteiger partial charge on any atom is -0.494 e. The van der Waals surface area contributed by atoms with Crippen LogP contribution in [0, 0.1) is 0 Å². The van der Waals surface area contributed by atoms with Gasteiger partial charge in [-0.15, -0.1) is 0 Å². The number of furan rings is 1. The van der Waals surface area contributed by atoms with E-state index in [2.05, 4.69) is 25.7 Å². The number of ether oxygens (including phenoxy) is 1. The molecule has 0 aliphatic heterocycles. The lowest BCUT2D eigenvalue weighted by atomic mass is 9.98. The fraction of sp³-hybridized carbons (Fsp3) is 0.483. The first kappa shape index (κ1) is 25.8. The highest BCUT2D eigenvalue weighted by Crippen LogP contribution is 2.31. The Bertz CT molecular complexity index is 1040. The van der Waals surface area contributed by atoms with Gasteiger partial charge in [-0.05, 0) is 81.2 Å². The van der Waals surface area contributed by atoms with Crippen molar-refractivity contribution < 1.29 is 13.9 Å². The summed E-state index contributed by atoms with van der Waals surface area (Å²) in [6.45, 7) is 10.6. The van der Waals surface area contributed by atoms with Crippen LogP contribution in [-0.4, -0.2) is 36.9 Å². The van der Waals surface area contributed by atoms with E-state index in [4.69, 9.17) is 14.9 Å². The van der Waals surface area contributed by atoms with Crippen molar-refractivity contribution in [1.29, 1.82) is 0 Å². The number of benzene rings is 2. The van der Waals surface area contributed by atoms with Crippen molar-refractivity contribution in [2.24, 2.45) is 0 Å². The maximum absolute atomic E-state index is 13.5. The molecule has 3 aromatic rings. The molecule has 5 heteroatoms. The van der Waals surface area contributed by atoms with Crippen LogP contribution in [0.4, 0.5) is 5.69 Å². The van der Waals surface area contributed by atoms with E-state index in [1.807, 2.05) is 36.4 Å². The number of nitrogen functional groups attached to an aromatic ring is 1. The summed E-state index contributed by atoms with van der Waals surface area (Å²) in [5.74, 6) is 1.50. The summed E-state index contributed by atoms with van der Waals surface area (Å²) in [7, 11) is 0. The van der Waals surface area contributed by atoms with Crippen molar-refractivity contribution in [2.45, 2.75) is 65.7 Å². The van der Waals surface area contributed by atoms with Crippen LogP contribution in [0.2, 0.25) is 0 Å². The molecule has 0 aliphatic rings. The van der Waals surface area contributed by atoms with E-state index in [1.165, 1.54) is 19.3 Å². The standard InChI is InChI=1S/C29H40N2O3/c1-4-7-10-27-28(25-21-23(30)13-16-26(25)34-27)29(32)22-11-14-24(15-12-22)33-20-9-19-31(17-6-3)18-8-5-2/h11-16,21H,4-10,17-20,30H2,1-3H3. The van der Waals surface area contributed by atoms with Crippen LogP contribution >= 0.6 is 0 Å². The molecular formula is C29H40N2O3. The van der Waals surface area contributed by atoms with Crippen LogP contribution in [0.1, 0.15) is 81.0 Å². The van der Waals surface area contributed by atoms with E-state index in [-0.39, 0.29) is 5.78 Å². The van der Waals surface area contributed by atoms with Crippen LogP contribution in [0.5, 0.6) is 5.75 Å². The molecule has 34 heavy (non-hydrogen) atoms. The van der Waals surface area contributed by atoms with Gasteiger partial charge in [0, 0.05) is 29.6 Å². The maximum Gasteiger partial charge on any atom is 0.197 e. The first-order chi connectivity index (χ1) is 16.6. The Labute approximate surface area is 204 Å². The molecule has 0 saturated carbocycles. The Hall–Kier alpha value is -2.79. The highest BCUT2D eigenvalue weighted by Gasteiger charge is 2.22. The van der Waals surface area contributed by atoms with Crippen LogP contribution in [0.15, 0.2) is 46.9 Å². The molecule has 0 spiro atoms. The van der Waals surface area contributed by atoms with E-state index in [1.54, 1.807) is 6.07 Å². The molecular weight excluding hydrogens is 424 g/mol. The van der Waals surface area contributed by atoms with E-state index >= 15 is 0 Å². The summed E-state index contributed by atoms with van der Waals surface area (Å²) in [4.78, 5) is 16.0. The lowest BCUT2D eigenvalue weighted by molar-refractivity contribution is 0.103. The highest BCUT2D eigenvalue weighted by molar-refractivity contribution is 6.17. The lowest BCUT2D eigenvalue weighted by Gasteiger charge is -2.21. The van der Waals surface area contributed by atoms with Crippen molar-refractivity contribution in [3.63, 3.8) is 0 Å². The van der Waals surface area contributed by atoms with E-state index < -0.39 is 0 Å². The zero-order valence-electron chi connectivity index (χ0n) is 21.1. The van der Waals surface area contributed by atoms with Gasteiger partial charge >= 0.3 is 0 Å². The average Bonchev–Trinajstić information content (AvgIpc) is 3.21. The van der Waals surface area contributed by atoms with Crippen LogP contribution < -0.4 is 10.5 Å². The van der Waals surface area contributed by atoms with Gasteiger partial charge in [0.1, 0.15) is 17.1 Å². The number of carbonyl (C=O) groups is 1. The fourth-order valence-electron chi connectivity index (χ4n) is 4.29. The molecule has 2 N–H and O–H groups in total. The third-order valence-electron chi connectivity index (χ3n) is 6.14. The number of unbranched alkanes of at least 4 members (excludes halogenated alkanes) is 2. The van der Waals surface area contributed by atoms with Crippen molar-refractivity contribution in [2.75, 3.05) is 32.0 Å². The van der Waals surface area contributed by atoms with Crippen molar-refractivity contribution in [3.05, 3.63) is 59.4 Å². The zero-order valence-corrected chi connectivity index (χ0v) is 21.1. The minimum absolute atomic E-state index is 0.0341. The second kappa shape index (κ2) is 13.2. The Morgan fingerprint density at radius 2 is 1.65 bits per heavy atom. The Morgan fingerprint density at radius 3 is 2.35 bits per heavy atom. The molecule has 0 amide bonds. The molecule has 0 radical (unpaired) electrons. The monoisotopic (exact) mass is 464 g/mol. The molecule has 0 unspecified atom stereocenters. The number of ketones is 1. The summed E-state index contributed by atoms with van der Waals surface area (Å²) in [6, 6.07) is 12.9. The van der Waals surface area contributed by atoms with Gasteiger partial charge in [0.05, 0.1) is 12.2 Å². The maximum atomic E-state index is 13.5. The molecule has 2 aromatic carbocycles. The predicted octanol–water partition coefficient (Wildman–Crippen LogP) is 6.87. The summed E-state index contributed by atoms with van der Waals surface area (Å²) >= 11 is 0. The quantitative estimate of drug-likeness (QED) is 0.151. The SMILES string of the molecule is CCCCc1oc2ccc(N)cc2c1C(=O)c1ccc(OCCCN(CCC)CCCC)cc1. The molecule has 1 aromatic heterocycles. The normalized spacial score (nSPS) is 11.4. The number of fused-ring (bicyclic) bond motifs is 1. The molecule has 0 saturated heterocycles. The van der Waals surface area contributed by atoms with Crippen molar-refractivity contribution >= 4 is 22.4 Å². The minimum atomic E-state index is -0.0341. The molecule has 0 bridgehead atoms. The Kier molecular flexibility index (Phi) is 10.0. The smallest absolute Gasteiger partial charge is 0.197 e. The second-order valence-corrected chi connectivity index (χ2v) is 9.01. The van der Waals surface area contributed by atoms with Crippen LogP contribution in [0.25, 0.3) is 11.0 Å². The number of anilines is 1. The van der Waals surface area contributed by atoms with E-state index in [9.17, 15) is 4.79 Å². The molecule has 3 rings (SSSR count). The van der Waals surface area contributed by atoms with Gasteiger partial charge in [-0.2, -0.15) is 0 Å². The predicted molar refractivity (Wildman–Crippen MR) is 141 cm³/mol. The summed E-state index contributed by atoms with van der Waals surface area (Å²) in [5.41, 5.74) is 8.60. The van der Waals surface area contributed by atoms with Gasteiger partial charge in [-0.25, -0.2) is 0 Å². The number of aryl methyl sites for hydroxylation is 1. The molecule has 5 nitrogen and oxygen atoms in total. The summed E-state index contributed by atoms with van der Waals surface area (Å²) < 4.78 is 12.0. The number of nitrogens with two attached hydrogens (primary N) is 1. The third-order valence-corrected chi connectivity index (χ3v) is 6.14. The average molecular weight is 465 g/mol. The van der Waals surface area contributed by atoms with Gasteiger partial charge in [0.25, 0.3) is 0 Å². The Balaban J connectivity index is 1.65. The number of nitrogens with zero attached hydrogens (tertiary/aromatic N) is 1. The largest absolute Gasteiger partial charge is 0.494 e. The third kappa shape index (κ3) is 6.86. The van der Waals surface area contributed by atoms with Crippen molar-refractivity contribution in [3.8, 4) is 5.75 Å². The number of hydrogen-bond donors (Lipinski definition) is 1. The molecule has 1 heterocycles. The summed E-state index contributed by atoms with van der Waals surface area (Å²) in [6.07, 6.45) is 7.39. The molecule has 0 atom stereocenters. The van der Waals surface area contributed by atoms with Gasteiger partial charge in [-0.3, -0.25) is 4.79 Å². The zero-order chi connectivity index (χ0) is 24.3. The topological polar surface area (TPSA) is 68.7 Å². The lowest BCUT2D eigenvalue weighted by Crippen LogP contribution is -2.27. The molecule has 0 aliphatic carbocycles. The van der Waals surface area contributed by atoms with Crippen LogP contribution in [0.3, 0.4) is 0 Å². The van der Waals surface area contributed by atoms with Gasteiger partial charge in [0.2, 0.25) is 0 Å². The van der Waals surface area contributed by atoms with Gasteiger partial charge < -0.3 is 19.8 Å². The van der Waals surface area contributed by atoms with Crippen LogP contribution in [-0.2, 0) is 6.42 Å². The van der Waals surface area contributed by atoms with E-state index in [0.717, 1.165) is 62.2 Å². The number of carbonyl (C=O) groups excluding carboxylic acids is 1. The fourth-order valence-corrected chi connectivity index (χ4v) is 4.29. The van der Waals surface area contributed by atoms with E-state index in [0.29, 0.717) is 29.0 Å². The first-order valence-electron chi connectivity index (χ1n) is 12.9. The van der Waals surface area contributed by atoms with Crippen molar-refractivity contribution in [1.82, 2.24) is 4.90 Å². The van der Waals surface area contributed by atoms with Gasteiger partial charge in [0.15, 0.2) is 5.78 Å².